The molecule has 2 aromatic rings. The van der Waals surface area contributed by atoms with Crippen LogP contribution in [-0.4, -0.2) is 49.0 Å². The third-order valence-electron chi connectivity index (χ3n) is 4.99. The number of methoxy groups -OCH3 is 1. The molecule has 9 heteroatoms. The van der Waals surface area contributed by atoms with Crippen molar-refractivity contribution in [3.05, 3.63) is 47.2 Å². The maximum atomic E-state index is 14.4. The lowest BCUT2D eigenvalue weighted by molar-refractivity contribution is -0.129. The molecule has 0 aliphatic carbocycles. The number of alkyl halides is 1. The van der Waals surface area contributed by atoms with Gasteiger partial charge in [-0.1, -0.05) is 17.7 Å². The molecular weight excluding hydrogens is 432 g/mol. The normalized spacial score (nSPS) is 14.3. The lowest BCUT2D eigenvalue weighted by Gasteiger charge is -2.32. The van der Waals surface area contributed by atoms with Crippen molar-refractivity contribution in [2.75, 3.05) is 31.4 Å². The summed E-state index contributed by atoms with van der Waals surface area (Å²) < 4.78 is 19.7. The molecule has 6 nitrogen and oxygen atoms in total. The number of hydrogen-bond acceptors (Lipinski definition) is 3. The summed E-state index contributed by atoms with van der Waals surface area (Å²) in [7, 11) is 1.45. The van der Waals surface area contributed by atoms with Crippen molar-refractivity contribution in [3.63, 3.8) is 0 Å². The van der Waals surface area contributed by atoms with E-state index in [-0.39, 0.29) is 29.4 Å². The van der Waals surface area contributed by atoms with Crippen molar-refractivity contribution in [2.45, 2.75) is 18.9 Å². The van der Waals surface area contributed by atoms with Crippen molar-refractivity contribution in [2.24, 2.45) is 0 Å². The van der Waals surface area contributed by atoms with Crippen LogP contribution in [0.1, 0.15) is 12.8 Å². The van der Waals surface area contributed by atoms with Gasteiger partial charge in [-0.15, -0.1) is 11.6 Å². The highest BCUT2D eigenvalue weighted by Crippen LogP contribution is 2.38. The van der Waals surface area contributed by atoms with Crippen molar-refractivity contribution >= 4 is 40.8 Å². The average molecular weight is 454 g/mol. The van der Waals surface area contributed by atoms with E-state index < -0.39 is 5.82 Å². The maximum Gasteiger partial charge on any atom is 0.319 e. The zero-order valence-corrected chi connectivity index (χ0v) is 17.9. The zero-order chi connectivity index (χ0) is 21.7. The number of nitrogens with one attached hydrogen (secondary N) is 2. The number of carbonyl (C=O) groups is 2. The van der Waals surface area contributed by atoms with E-state index in [2.05, 4.69) is 10.6 Å². The number of rotatable bonds is 5. The van der Waals surface area contributed by atoms with Crippen LogP contribution in [0.25, 0.3) is 11.1 Å². The van der Waals surface area contributed by atoms with Gasteiger partial charge in [-0.05, 0) is 43.2 Å². The number of urea groups is 1. The van der Waals surface area contributed by atoms with Crippen molar-refractivity contribution < 1.29 is 18.7 Å². The highest BCUT2D eigenvalue weighted by molar-refractivity contribution is 6.33. The molecule has 1 fully saturated rings. The van der Waals surface area contributed by atoms with Gasteiger partial charge in [0.1, 0.15) is 17.4 Å². The number of piperidine rings is 1. The molecule has 0 radical (unpaired) electrons. The van der Waals surface area contributed by atoms with Gasteiger partial charge in [0.15, 0.2) is 0 Å². The maximum absolute atomic E-state index is 14.4. The molecule has 160 valence electrons. The van der Waals surface area contributed by atoms with Crippen LogP contribution in [0.2, 0.25) is 5.02 Å². The van der Waals surface area contributed by atoms with Crippen molar-refractivity contribution in [1.29, 1.82) is 0 Å². The summed E-state index contributed by atoms with van der Waals surface area (Å²) in [5.41, 5.74) is 1.11. The Morgan fingerprint density at radius 1 is 1.23 bits per heavy atom. The summed E-state index contributed by atoms with van der Waals surface area (Å²) in [4.78, 5) is 25.7. The van der Waals surface area contributed by atoms with E-state index >= 15 is 0 Å². The van der Waals surface area contributed by atoms with Crippen LogP contribution in [0.5, 0.6) is 5.75 Å². The molecule has 1 heterocycles. The van der Waals surface area contributed by atoms with Gasteiger partial charge in [0.2, 0.25) is 5.91 Å². The van der Waals surface area contributed by atoms with E-state index in [4.69, 9.17) is 27.9 Å². The van der Waals surface area contributed by atoms with Crippen LogP contribution in [0, 0.1) is 5.82 Å². The molecule has 0 atom stereocenters. The summed E-state index contributed by atoms with van der Waals surface area (Å²) >= 11 is 11.9. The first-order chi connectivity index (χ1) is 14.4. The summed E-state index contributed by atoms with van der Waals surface area (Å²) in [5, 5.41) is 5.99. The van der Waals surface area contributed by atoms with Crippen LogP contribution in [0.4, 0.5) is 14.9 Å². The predicted molar refractivity (Wildman–Crippen MR) is 116 cm³/mol. The van der Waals surface area contributed by atoms with Gasteiger partial charge in [-0.25, -0.2) is 9.18 Å². The molecule has 1 aliphatic rings. The fourth-order valence-electron chi connectivity index (χ4n) is 3.44. The Labute approximate surface area is 184 Å². The quantitative estimate of drug-likeness (QED) is 0.654. The van der Waals surface area contributed by atoms with E-state index in [1.54, 1.807) is 35.2 Å². The zero-order valence-electron chi connectivity index (χ0n) is 16.4. The van der Waals surface area contributed by atoms with E-state index in [0.717, 1.165) is 0 Å². The number of hydrogen-bond donors (Lipinski definition) is 2. The van der Waals surface area contributed by atoms with E-state index in [1.165, 1.54) is 13.2 Å². The van der Waals surface area contributed by atoms with Gasteiger partial charge in [0, 0.05) is 35.4 Å². The molecule has 0 unspecified atom stereocenters. The molecule has 0 bridgehead atoms. The van der Waals surface area contributed by atoms with Gasteiger partial charge in [-0.2, -0.15) is 0 Å². The number of amides is 3. The molecule has 3 amide bonds. The molecular formula is C21H22Cl2FN3O3. The molecule has 3 rings (SSSR count). The molecule has 0 saturated carbocycles. The topological polar surface area (TPSA) is 70.7 Å². The predicted octanol–water partition coefficient (Wildman–Crippen LogP) is 4.51. The fourth-order valence-corrected chi connectivity index (χ4v) is 3.82. The SMILES string of the molecule is COc1cccc(F)c1-c1cc(NC(=O)NC2CCN(C(=O)CCl)CC2)ccc1Cl. The van der Waals surface area contributed by atoms with E-state index in [0.29, 0.717) is 48.0 Å². The molecule has 30 heavy (non-hydrogen) atoms. The highest BCUT2D eigenvalue weighted by atomic mass is 35.5. The molecule has 1 aliphatic heterocycles. The largest absolute Gasteiger partial charge is 0.496 e. The summed E-state index contributed by atoms with van der Waals surface area (Å²) in [6, 6.07) is 8.91. The highest BCUT2D eigenvalue weighted by Gasteiger charge is 2.23. The smallest absolute Gasteiger partial charge is 0.319 e. The van der Waals surface area contributed by atoms with Crippen LogP contribution in [-0.2, 0) is 4.79 Å². The average Bonchev–Trinajstić information content (AvgIpc) is 2.75. The van der Waals surface area contributed by atoms with Crippen molar-refractivity contribution in [1.82, 2.24) is 10.2 Å². The number of benzene rings is 2. The number of halogens is 3. The Hall–Kier alpha value is -2.51. The van der Waals surface area contributed by atoms with Crippen molar-refractivity contribution in [3.8, 4) is 16.9 Å². The molecule has 2 N–H and O–H groups in total. The Balaban J connectivity index is 1.68. The third-order valence-corrected chi connectivity index (χ3v) is 5.54. The molecule has 2 aromatic carbocycles. The Morgan fingerprint density at radius 3 is 2.63 bits per heavy atom. The van der Waals surface area contributed by atoms with E-state index in [9.17, 15) is 14.0 Å². The monoisotopic (exact) mass is 453 g/mol. The number of nitrogens with zero attached hydrogens (tertiary/aromatic N) is 1. The number of likely N-dealkylation sites (tertiary alicyclic amines) is 1. The Kier molecular flexibility index (Phi) is 7.39. The second-order valence-electron chi connectivity index (χ2n) is 6.90. The van der Waals surface area contributed by atoms with E-state index in [1.807, 2.05) is 0 Å². The molecule has 0 aromatic heterocycles. The van der Waals surface area contributed by atoms with Gasteiger partial charge in [0.25, 0.3) is 0 Å². The first-order valence-electron chi connectivity index (χ1n) is 9.46. The van der Waals surface area contributed by atoms with Gasteiger partial charge >= 0.3 is 6.03 Å². The van der Waals surface area contributed by atoms with Gasteiger partial charge in [0.05, 0.1) is 12.7 Å². The first-order valence-corrected chi connectivity index (χ1v) is 10.4. The molecule has 0 spiro atoms. The lowest BCUT2D eigenvalue weighted by Crippen LogP contribution is -2.47. The first kappa shape index (κ1) is 22.2. The minimum atomic E-state index is -0.476. The Bertz CT molecular complexity index is 934. The second-order valence-corrected chi connectivity index (χ2v) is 7.57. The third kappa shape index (κ3) is 5.15. The summed E-state index contributed by atoms with van der Waals surface area (Å²) in [5.74, 6) is -0.269. The lowest BCUT2D eigenvalue weighted by atomic mass is 10.0. The minimum absolute atomic E-state index is 0.0374. The van der Waals surface area contributed by atoms with Crippen LogP contribution in [0.15, 0.2) is 36.4 Å². The standard InChI is InChI=1S/C21H22Cl2FN3O3/c1-30-18-4-2-3-17(24)20(18)15-11-14(5-6-16(15)23)26-21(29)25-13-7-9-27(10-8-13)19(28)12-22/h2-6,11,13H,7-10,12H2,1H3,(H2,25,26,29). The van der Waals surface area contributed by atoms with Gasteiger partial charge in [-0.3, -0.25) is 4.79 Å². The number of carbonyl (C=O) groups excluding carboxylic acids is 2. The summed E-state index contributed by atoms with van der Waals surface area (Å²) in [6.45, 7) is 1.10. The summed E-state index contributed by atoms with van der Waals surface area (Å²) in [6.07, 6.45) is 1.29. The number of ether oxygens (including phenoxy) is 1. The minimum Gasteiger partial charge on any atom is -0.496 e. The number of anilines is 1. The van der Waals surface area contributed by atoms with Gasteiger partial charge < -0.3 is 20.3 Å². The second kappa shape index (κ2) is 10.00. The van der Waals surface area contributed by atoms with Crippen LogP contribution < -0.4 is 15.4 Å². The Morgan fingerprint density at radius 2 is 1.97 bits per heavy atom. The fraction of sp³-hybridized carbons (Fsp3) is 0.333. The van der Waals surface area contributed by atoms with Crippen LogP contribution >= 0.6 is 23.2 Å². The molecule has 1 saturated heterocycles. The van der Waals surface area contributed by atoms with Crippen LogP contribution in [0.3, 0.4) is 0 Å².